The summed E-state index contributed by atoms with van der Waals surface area (Å²) in [5.41, 5.74) is 0.448. The molecule has 0 fully saturated rings. The summed E-state index contributed by atoms with van der Waals surface area (Å²) in [5, 5.41) is 8.66. The average molecular weight is 313 g/mol. The number of ether oxygens (including phenoxy) is 2. The molecule has 2 aromatic rings. The number of nitriles is 1. The van der Waals surface area contributed by atoms with Crippen molar-refractivity contribution in [2.75, 3.05) is 0 Å². The Labute approximate surface area is 131 Å². The second-order valence-electron chi connectivity index (χ2n) is 4.54. The SMILES string of the molecule is N#Cc1ccc(OC(=O)CCC(=O)Oc2cccc(F)c2)cc1. The largest absolute Gasteiger partial charge is 0.427 e. The third-order valence-corrected chi connectivity index (χ3v) is 2.78. The standard InChI is InChI=1S/C17H12FNO4/c18-13-2-1-3-15(10-13)23-17(21)9-8-16(20)22-14-6-4-12(11-19)5-7-14/h1-7,10H,8-9H2. The minimum absolute atomic E-state index is 0.0791. The van der Waals surface area contributed by atoms with Crippen LogP contribution in [0.2, 0.25) is 0 Å². The molecule has 0 aliphatic heterocycles. The number of nitrogens with zero attached hydrogens (tertiary/aromatic N) is 1. The van der Waals surface area contributed by atoms with Gasteiger partial charge in [0, 0.05) is 6.07 Å². The highest BCUT2D eigenvalue weighted by atomic mass is 19.1. The molecule has 2 rings (SSSR count). The number of benzene rings is 2. The molecule has 2 aromatic carbocycles. The van der Waals surface area contributed by atoms with E-state index >= 15 is 0 Å². The van der Waals surface area contributed by atoms with Gasteiger partial charge in [-0.25, -0.2) is 4.39 Å². The Morgan fingerprint density at radius 3 is 2.13 bits per heavy atom. The molecule has 0 heterocycles. The summed E-state index contributed by atoms with van der Waals surface area (Å²) < 4.78 is 22.9. The Hall–Kier alpha value is -3.20. The Kier molecular flexibility index (Phi) is 5.42. The fourth-order valence-corrected chi connectivity index (χ4v) is 1.70. The van der Waals surface area contributed by atoms with Crippen molar-refractivity contribution in [1.29, 1.82) is 5.26 Å². The lowest BCUT2D eigenvalue weighted by molar-refractivity contribution is -0.140. The molecule has 6 heteroatoms. The molecule has 23 heavy (non-hydrogen) atoms. The normalized spacial score (nSPS) is 9.74. The molecule has 0 aromatic heterocycles. The van der Waals surface area contributed by atoms with Crippen LogP contribution in [0.15, 0.2) is 48.5 Å². The molecule has 0 atom stereocenters. The van der Waals surface area contributed by atoms with Crippen LogP contribution in [-0.4, -0.2) is 11.9 Å². The summed E-state index contributed by atoms with van der Waals surface area (Å²) in [4.78, 5) is 23.2. The van der Waals surface area contributed by atoms with E-state index in [1.807, 2.05) is 6.07 Å². The molecule has 0 radical (unpaired) electrons. The fraction of sp³-hybridized carbons (Fsp3) is 0.118. The molecule has 0 saturated heterocycles. The van der Waals surface area contributed by atoms with Gasteiger partial charge in [0.25, 0.3) is 0 Å². The Morgan fingerprint density at radius 2 is 1.57 bits per heavy atom. The van der Waals surface area contributed by atoms with Crippen LogP contribution in [0.5, 0.6) is 11.5 Å². The quantitative estimate of drug-likeness (QED) is 0.626. The number of hydrogen-bond acceptors (Lipinski definition) is 5. The first kappa shape index (κ1) is 16.2. The first-order valence-electron chi connectivity index (χ1n) is 6.74. The minimum atomic E-state index is -0.660. The third kappa shape index (κ3) is 5.25. The summed E-state index contributed by atoms with van der Waals surface area (Å²) >= 11 is 0. The highest BCUT2D eigenvalue weighted by Crippen LogP contribution is 2.14. The molecule has 0 aliphatic carbocycles. The van der Waals surface area contributed by atoms with Crippen molar-refractivity contribution in [2.24, 2.45) is 0 Å². The summed E-state index contributed by atoms with van der Waals surface area (Å²) in [7, 11) is 0. The van der Waals surface area contributed by atoms with E-state index in [-0.39, 0.29) is 24.3 Å². The second-order valence-corrected chi connectivity index (χ2v) is 4.54. The van der Waals surface area contributed by atoms with Gasteiger partial charge in [-0.2, -0.15) is 5.26 Å². The summed E-state index contributed by atoms with van der Waals surface area (Å²) in [6, 6.07) is 13.1. The lowest BCUT2D eigenvalue weighted by atomic mass is 10.2. The Balaban J connectivity index is 1.79. The van der Waals surface area contributed by atoms with Gasteiger partial charge in [-0.05, 0) is 36.4 Å². The van der Waals surface area contributed by atoms with Gasteiger partial charge in [-0.1, -0.05) is 6.07 Å². The number of carbonyl (C=O) groups is 2. The maximum Gasteiger partial charge on any atom is 0.311 e. The van der Waals surface area contributed by atoms with Gasteiger partial charge < -0.3 is 9.47 Å². The van der Waals surface area contributed by atoms with Gasteiger partial charge in [0.2, 0.25) is 0 Å². The lowest BCUT2D eigenvalue weighted by Crippen LogP contribution is -2.14. The maximum atomic E-state index is 12.9. The third-order valence-electron chi connectivity index (χ3n) is 2.78. The molecule has 5 nitrogen and oxygen atoms in total. The molecular weight excluding hydrogens is 301 g/mol. The van der Waals surface area contributed by atoms with E-state index in [1.54, 1.807) is 0 Å². The number of esters is 2. The van der Waals surface area contributed by atoms with Crippen molar-refractivity contribution in [3.8, 4) is 17.6 Å². The van der Waals surface area contributed by atoms with E-state index in [2.05, 4.69) is 0 Å². The van der Waals surface area contributed by atoms with Crippen molar-refractivity contribution in [2.45, 2.75) is 12.8 Å². The Bertz CT molecular complexity index is 750. The van der Waals surface area contributed by atoms with E-state index in [9.17, 15) is 14.0 Å². The topological polar surface area (TPSA) is 76.4 Å². The predicted octanol–water partition coefficient (Wildman–Crippen LogP) is 2.99. The van der Waals surface area contributed by atoms with Gasteiger partial charge in [-0.3, -0.25) is 9.59 Å². The zero-order chi connectivity index (χ0) is 16.7. The predicted molar refractivity (Wildman–Crippen MR) is 78.1 cm³/mol. The zero-order valence-electron chi connectivity index (χ0n) is 12.0. The fourth-order valence-electron chi connectivity index (χ4n) is 1.70. The highest BCUT2D eigenvalue weighted by molar-refractivity contribution is 5.80. The monoisotopic (exact) mass is 313 g/mol. The lowest BCUT2D eigenvalue weighted by Gasteiger charge is -2.05. The van der Waals surface area contributed by atoms with Crippen molar-refractivity contribution in [3.05, 3.63) is 59.9 Å². The molecule has 0 unspecified atom stereocenters. The summed E-state index contributed by atoms with van der Waals surface area (Å²) in [6.07, 6.45) is -0.361. The van der Waals surface area contributed by atoms with Crippen LogP contribution in [0.4, 0.5) is 4.39 Å². The van der Waals surface area contributed by atoms with Crippen LogP contribution in [0.25, 0.3) is 0 Å². The molecule has 0 spiro atoms. The van der Waals surface area contributed by atoms with E-state index in [0.29, 0.717) is 5.56 Å². The zero-order valence-corrected chi connectivity index (χ0v) is 12.0. The van der Waals surface area contributed by atoms with Crippen molar-refractivity contribution >= 4 is 11.9 Å². The molecule has 116 valence electrons. The van der Waals surface area contributed by atoms with Crippen LogP contribution < -0.4 is 9.47 Å². The van der Waals surface area contributed by atoms with E-state index in [1.165, 1.54) is 42.5 Å². The first-order valence-corrected chi connectivity index (χ1v) is 6.74. The van der Waals surface area contributed by atoms with Crippen molar-refractivity contribution in [1.82, 2.24) is 0 Å². The maximum absolute atomic E-state index is 12.9. The number of hydrogen-bond donors (Lipinski definition) is 0. The molecule has 0 bridgehead atoms. The van der Waals surface area contributed by atoms with E-state index in [4.69, 9.17) is 14.7 Å². The van der Waals surface area contributed by atoms with Gasteiger partial charge in [0.15, 0.2) is 0 Å². The van der Waals surface area contributed by atoms with E-state index in [0.717, 1.165) is 6.07 Å². The minimum Gasteiger partial charge on any atom is -0.427 e. The van der Waals surface area contributed by atoms with Crippen LogP contribution in [-0.2, 0) is 9.59 Å². The molecule has 0 N–H and O–H groups in total. The molecule has 0 amide bonds. The average Bonchev–Trinajstić information content (AvgIpc) is 2.54. The van der Waals surface area contributed by atoms with Crippen LogP contribution >= 0.6 is 0 Å². The van der Waals surface area contributed by atoms with Gasteiger partial charge >= 0.3 is 11.9 Å². The molecule has 0 aliphatic rings. The van der Waals surface area contributed by atoms with Crippen LogP contribution in [0.1, 0.15) is 18.4 Å². The van der Waals surface area contributed by atoms with Crippen molar-refractivity contribution in [3.63, 3.8) is 0 Å². The van der Waals surface area contributed by atoms with Crippen LogP contribution in [0, 0.1) is 17.1 Å². The van der Waals surface area contributed by atoms with Gasteiger partial charge in [0.1, 0.15) is 17.3 Å². The smallest absolute Gasteiger partial charge is 0.311 e. The van der Waals surface area contributed by atoms with Gasteiger partial charge in [0.05, 0.1) is 24.5 Å². The second kappa shape index (κ2) is 7.71. The van der Waals surface area contributed by atoms with Crippen LogP contribution in [0.3, 0.4) is 0 Å². The molecule has 0 saturated carbocycles. The Morgan fingerprint density at radius 1 is 0.957 bits per heavy atom. The highest BCUT2D eigenvalue weighted by Gasteiger charge is 2.11. The number of carbonyl (C=O) groups excluding carboxylic acids is 2. The first-order chi connectivity index (χ1) is 11.1. The number of halogens is 1. The summed E-state index contributed by atoms with van der Waals surface area (Å²) in [6.45, 7) is 0. The van der Waals surface area contributed by atoms with Crippen molar-refractivity contribution < 1.29 is 23.5 Å². The van der Waals surface area contributed by atoms with E-state index < -0.39 is 17.8 Å². The van der Waals surface area contributed by atoms with Gasteiger partial charge in [-0.15, -0.1) is 0 Å². The number of rotatable bonds is 5. The summed E-state index contributed by atoms with van der Waals surface area (Å²) in [5.74, 6) is -1.42. The molecular formula is C17H12FNO4.